The molecule has 0 aromatic heterocycles. The van der Waals surface area contributed by atoms with Gasteiger partial charge in [-0.25, -0.2) is 4.79 Å². The smallest absolute Gasteiger partial charge is 0.319 e. The zero-order chi connectivity index (χ0) is 15.1. The summed E-state index contributed by atoms with van der Waals surface area (Å²) in [5, 5.41) is 5.83. The normalized spacial score (nSPS) is 12.5. The maximum absolute atomic E-state index is 12.0. The average molecular weight is 278 g/mol. The number of carbonyl (C=O) groups is 1. The van der Waals surface area contributed by atoms with Gasteiger partial charge in [-0.15, -0.1) is 0 Å². The lowest BCUT2D eigenvalue weighted by molar-refractivity contribution is 0.240. The van der Waals surface area contributed by atoms with E-state index in [4.69, 9.17) is 5.73 Å². The number of amides is 2. The van der Waals surface area contributed by atoms with Crippen LogP contribution >= 0.6 is 0 Å². The van der Waals surface area contributed by atoms with Crippen molar-refractivity contribution in [2.24, 2.45) is 5.92 Å². The predicted molar refractivity (Wildman–Crippen MR) is 84.8 cm³/mol. The Balaban J connectivity index is 2.56. The zero-order valence-electron chi connectivity index (χ0n) is 12.8. The lowest BCUT2D eigenvalue weighted by Crippen LogP contribution is -2.44. The van der Waals surface area contributed by atoms with Gasteiger partial charge in [0.15, 0.2) is 0 Å². The Hall–Kier alpha value is -1.75. The topological polar surface area (TPSA) is 70.4 Å². The molecule has 1 aromatic rings. The largest absolute Gasteiger partial charge is 0.399 e. The van der Waals surface area contributed by atoms with Gasteiger partial charge < -0.3 is 21.3 Å². The van der Waals surface area contributed by atoms with E-state index in [0.717, 1.165) is 13.0 Å². The quantitative estimate of drug-likeness (QED) is 0.700. The number of nitrogens with one attached hydrogen (secondary N) is 2. The highest BCUT2D eigenvalue weighted by molar-refractivity contribution is 5.89. The Morgan fingerprint density at radius 1 is 1.35 bits per heavy atom. The summed E-state index contributed by atoms with van der Waals surface area (Å²) in [4.78, 5) is 14.1. The second kappa shape index (κ2) is 7.75. The number of urea groups is 1. The highest BCUT2D eigenvalue weighted by Crippen LogP contribution is 2.12. The number of hydrogen-bond donors (Lipinski definition) is 3. The van der Waals surface area contributed by atoms with Gasteiger partial charge in [0.05, 0.1) is 0 Å². The van der Waals surface area contributed by atoms with E-state index in [9.17, 15) is 4.79 Å². The molecule has 0 aliphatic rings. The highest BCUT2D eigenvalue weighted by Gasteiger charge is 2.15. The van der Waals surface area contributed by atoms with Gasteiger partial charge in [0.2, 0.25) is 0 Å². The first-order chi connectivity index (χ1) is 9.36. The van der Waals surface area contributed by atoms with E-state index in [0.29, 0.717) is 17.3 Å². The number of nitrogens with zero attached hydrogens (tertiary/aromatic N) is 1. The molecule has 0 fully saturated rings. The van der Waals surface area contributed by atoms with E-state index in [-0.39, 0.29) is 12.1 Å². The molecule has 20 heavy (non-hydrogen) atoms. The Morgan fingerprint density at radius 2 is 2.05 bits per heavy atom. The van der Waals surface area contributed by atoms with Crippen molar-refractivity contribution in [1.82, 2.24) is 10.2 Å². The third-order valence-corrected chi connectivity index (χ3v) is 2.82. The Kier molecular flexibility index (Phi) is 6.31. The van der Waals surface area contributed by atoms with E-state index in [2.05, 4.69) is 29.4 Å². The number of benzene rings is 1. The van der Waals surface area contributed by atoms with Crippen LogP contribution in [-0.2, 0) is 0 Å². The summed E-state index contributed by atoms with van der Waals surface area (Å²) < 4.78 is 0. The van der Waals surface area contributed by atoms with Gasteiger partial charge in [-0.3, -0.25) is 0 Å². The molecule has 0 aliphatic carbocycles. The molecule has 5 nitrogen and oxygen atoms in total. The zero-order valence-corrected chi connectivity index (χ0v) is 12.8. The minimum atomic E-state index is -0.192. The lowest BCUT2D eigenvalue weighted by atomic mass is 10.0. The van der Waals surface area contributed by atoms with Crippen molar-refractivity contribution in [3.63, 3.8) is 0 Å². The molecule has 0 saturated carbocycles. The number of nitrogens with two attached hydrogens (primary N) is 1. The van der Waals surface area contributed by atoms with Crippen LogP contribution in [0.3, 0.4) is 0 Å². The van der Waals surface area contributed by atoms with Crippen molar-refractivity contribution < 1.29 is 4.79 Å². The second-order valence-electron chi connectivity index (χ2n) is 5.81. The SMILES string of the molecule is CC(C)CC(CN(C)C)NC(=O)Nc1cccc(N)c1. The summed E-state index contributed by atoms with van der Waals surface area (Å²) >= 11 is 0. The van der Waals surface area contributed by atoms with E-state index in [1.807, 2.05) is 26.2 Å². The van der Waals surface area contributed by atoms with Gasteiger partial charge in [-0.2, -0.15) is 0 Å². The number of carbonyl (C=O) groups excluding carboxylic acids is 1. The number of anilines is 2. The first-order valence-electron chi connectivity index (χ1n) is 6.94. The summed E-state index contributed by atoms with van der Waals surface area (Å²) in [5.74, 6) is 0.535. The number of hydrogen-bond acceptors (Lipinski definition) is 3. The van der Waals surface area contributed by atoms with Crippen LogP contribution < -0.4 is 16.4 Å². The Morgan fingerprint density at radius 3 is 2.60 bits per heavy atom. The van der Waals surface area contributed by atoms with Crippen LogP contribution in [0.4, 0.5) is 16.2 Å². The molecular formula is C15H26N4O. The third-order valence-electron chi connectivity index (χ3n) is 2.82. The Bertz CT molecular complexity index is 422. The summed E-state index contributed by atoms with van der Waals surface area (Å²) in [6.07, 6.45) is 0.947. The van der Waals surface area contributed by atoms with E-state index >= 15 is 0 Å². The monoisotopic (exact) mass is 278 g/mol. The molecule has 0 aliphatic heterocycles. The molecule has 0 saturated heterocycles. The molecule has 2 amide bonds. The average Bonchev–Trinajstić information content (AvgIpc) is 2.26. The van der Waals surface area contributed by atoms with Gasteiger partial charge in [0, 0.05) is 24.0 Å². The first kappa shape index (κ1) is 16.3. The van der Waals surface area contributed by atoms with Crippen molar-refractivity contribution >= 4 is 17.4 Å². The second-order valence-corrected chi connectivity index (χ2v) is 5.81. The summed E-state index contributed by atoms with van der Waals surface area (Å²) in [5.41, 5.74) is 7.03. The van der Waals surface area contributed by atoms with Crippen LogP contribution in [0.25, 0.3) is 0 Å². The molecule has 1 rings (SSSR count). The fourth-order valence-electron chi connectivity index (χ4n) is 2.16. The van der Waals surface area contributed by atoms with Crippen LogP contribution in [0, 0.1) is 5.92 Å². The minimum Gasteiger partial charge on any atom is -0.399 e. The summed E-state index contributed by atoms with van der Waals surface area (Å²) in [6.45, 7) is 5.13. The van der Waals surface area contributed by atoms with Crippen molar-refractivity contribution in [1.29, 1.82) is 0 Å². The van der Waals surface area contributed by atoms with Gasteiger partial charge in [-0.1, -0.05) is 19.9 Å². The van der Waals surface area contributed by atoms with Crippen molar-refractivity contribution in [2.75, 3.05) is 31.7 Å². The molecule has 0 spiro atoms. The van der Waals surface area contributed by atoms with Crippen molar-refractivity contribution in [3.8, 4) is 0 Å². The third kappa shape index (κ3) is 6.43. The predicted octanol–water partition coefficient (Wildman–Crippen LogP) is 2.37. The molecule has 0 heterocycles. The van der Waals surface area contributed by atoms with Crippen LogP contribution in [0.5, 0.6) is 0 Å². The molecular weight excluding hydrogens is 252 g/mol. The van der Waals surface area contributed by atoms with Gasteiger partial charge >= 0.3 is 6.03 Å². The van der Waals surface area contributed by atoms with E-state index in [1.54, 1.807) is 12.1 Å². The van der Waals surface area contributed by atoms with Crippen LogP contribution in [0.1, 0.15) is 20.3 Å². The van der Waals surface area contributed by atoms with Crippen molar-refractivity contribution in [2.45, 2.75) is 26.3 Å². The fourth-order valence-corrected chi connectivity index (χ4v) is 2.16. The molecule has 0 radical (unpaired) electrons. The van der Waals surface area contributed by atoms with Gasteiger partial charge in [-0.05, 0) is 44.6 Å². The Labute approximate surface area is 121 Å². The minimum absolute atomic E-state index is 0.131. The molecule has 1 unspecified atom stereocenters. The number of nitrogen functional groups attached to an aromatic ring is 1. The molecule has 5 heteroatoms. The number of likely N-dealkylation sites (N-methyl/N-ethyl adjacent to an activating group) is 1. The van der Waals surface area contributed by atoms with Gasteiger partial charge in [0.1, 0.15) is 0 Å². The van der Waals surface area contributed by atoms with E-state index < -0.39 is 0 Å². The highest BCUT2D eigenvalue weighted by atomic mass is 16.2. The maximum Gasteiger partial charge on any atom is 0.319 e. The van der Waals surface area contributed by atoms with Crippen LogP contribution in [0.15, 0.2) is 24.3 Å². The van der Waals surface area contributed by atoms with Crippen molar-refractivity contribution in [3.05, 3.63) is 24.3 Å². The molecule has 1 atom stereocenters. The lowest BCUT2D eigenvalue weighted by Gasteiger charge is -2.24. The van der Waals surface area contributed by atoms with Crippen LogP contribution in [0.2, 0.25) is 0 Å². The van der Waals surface area contributed by atoms with Crippen LogP contribution in [-0.4, -0.2) is 37.6 Å². The summed E-state index contributed by atoms with van der Waals surface area (Å²) in [7, 11) is 4.01. The summed E-state index contributed by atoms with van der Waals surface area (Å²) in [6, 6.07) is 7.10. The maximum atomic E-state index is 12.0. The standard InChI is InChI=1S/C15H26N4O/c1-11(2)8-14(10-19(3)4)18-15(20)17-13-7-5-6-12(16)9-13/h5-7,9,11,14H,8,10,16H2,1-4H3,(H2,17,18,20). The van der Waals surface area contributed by atoms with E-state index in [1.165, 1.54) is 0 Å². The number of rotatable bonds is 6. The molecule has 112 valence electrons. The molecule has 1 aromatic carbocycles. The first-order valence-corrected chi connectivity index (χ1v) is 6.94. The van der Waals surface area contributed by atoms with Gasteiger partial charge in [0.25, 0.3) is 0 Å². The fraction of sp³-hybridized carbons (Fsp3) is 0.533. The molecule has 4 N–H and O–H groups in total. The molecule has 0 bridgehead atoms.